The van der Waals surface area contributed by atoms with Gasteiger partial charge in [-0.2, -0.15) is 0 Å². The summed E-state index contributed by atoms with van der Waals surface area (Å²) < 4.78 is 0. The van der Waals surface area contributed by atoms with Crippen molar-refractivity contribution in [2.45, 2.75) is 77.6 Å². The minimum atomic E-state index is -0.793. The Balaban J connectivity index is 3.28. The number of benzene rings is 1. The van der Waals surface area contributed by atoms with E-state index in [1.54, 1.807) is 6.07 Å². The number of aromatic carboxylic acids is 1. The van der Waals surface area contributed by atoms with E-state index in [4.69, 9.17) is 0 Å². The molecule has 0 aromatic heterocycles. The van der Waals surface area contributed by atoms with Crippen LogP contribution in [0.4, 0.5) is 0 Å². The molecule has 2 heteroatoms. The van der Waals surface area contributed by atoms with Gasteiger partial charge in [-0.05, 0) is 36.3 Å². The van der Waals surface area contributed by atoms with Crippen molar-refractivity contribution in [2.24, 2.45) is 0 Å². The molecular formula is C19H30O2. The van der Waals surface area contributed by atoms with E-state index in [0.717, 1.165) is 56.9 Å². The van der Waals surface area contributed by atoms with Gasteiger partial charge < -0.3 is 5.11 Å². The summed E-state index contributed by atoms with van der Waals surface area (Å²) >= 11 is 0. The summed E-state index contributed by atoms with van der Waals surface area (Å²) in [6, 6.07) is 7.64. The molecule has 0 unspecified atom stereocenters. The molecular weight excluding hydrogens is 260 g/mol. The van der Waals surface area contributed by atoms with Crippen LogP contribution in [0.25, 0.3) is 0 Å². The van der Waals surface area contributed by atoms with E-state index in [9.17, 15) is 9.90 Å². The molecule has 21 heavy (non-hydrogen) atoms. The normalized spacial score (nSPS) is 11.6. The summed E-state index contributed by atoms with van der Waals surface area (Å²) in [5.74, 6) is -0.793. The van der Waals surface area contributed by atoms with Gasteiger partial charge in [-0.1, -0.05) is 71.1 Å². The second-order valence-electron chi connectivity index (χ2n) is 6.09. The molecule has 0 spiro atoms. The van der Waals surface area contributed by atoms with Gasteiger partial charge in [0.05, 0.1) is 5.56 Å². The molecule has 118 valence electrons. The standard InChI is InChI=1S/C19H30O2/c1-4-7-14-19(13-6-3,15-8-5-2)17-12-10-9-11-16(17)18(20)21/h9-12H,4-8,13-15H2,1-3H3,(H,20,21). The first-order valence-electron chi connectivity index (χ1n) is 8.44. The Labute approximate surface area is 129 Å². The van der Waals surface area contributed by atoms with Gasteiger partial charge in [0.15, 0.2) is 0 Å². The first kappa shape index (κ1) is 17.7. The maximum absolute atomic E-state index is 11.6. The molecule has 0 bridgehead atoms. The minimum absolute atomic E-state index is 0.0375. The summed E-state index contributed by atoms with van der Waals surface area (Å²) in [5, 5.41) is 9.55. The summed E-state index contributed by atoms with van der Waals surface area (Å²) in [7, 11) is 0. The van der Waals surface area contributed by atoms with Gasteiger partial charge in [0, 0.05) is 0 Å². The molecule has 0 saturated carbocycles. The number of carbonyl (C=O) groups is 1. The molecule has 0 radical (unpaired) electrons. The van der Waals surface area contributed by atoms with E-state index < -0.39 is 5.97 Å². The minimum Gasteiger partial charge on any atom is -0.478 e. The van der Waals surface area contributed by atoms with Crippen LogP contribution in [0, 0.1) is 0 Å². The molecule has 2 nitrogen and oxygen atoms in total. The molecule has 0 aliphatic carbocycles. The van der Waals surface area contributed by atoms with Crippen LogP contribution in [0.1, 0.15) is 88.1 Å². The lowest BCUT2D eigenvalue weighted by Crippen LogP contribution is -2.28. The largest absolute Gasteiger partial charge is 0.478 e. The maximum atomic E-state index is 11.6. The van der Waals surface area contributed by atoms with Crippen LogP contribution in [-0.4, -0.2) is 11.1 Å². The van der Waals surface area contributed by atoms with E-state index in [2.05, 4.69) is 20.8 Å². The Morgan fingerprint density at radius 3 is 2.00 bits per heavy atom. The highest BCUT2D eigenvalue weighted by Gasteiger charge is 2.33. The Morgan fingerprint density at radius 2 is 1.52 bits per heavy atom. The van der Waals surface area contributed by atoms with Crippen LogP contribution in [0.15, 0.2) is 24.3 Å². The van der Waals surface area contributed by atoms with Gasteiger partial charge in [0.25, 0.3) is 0 Å². The summed E-state index contributed by atoms with van der Waals surface area (Å²) in [6.45, 7) is 6.62. The van der Waals surface area contributed by atoms with Crippen LogP contribution in [0.2, 0.25) is 0 Å². The topological polar surface area (TPSA) is 37.3 Å². The third-order valence-corrected chi connectivity index (χ3v) is 4.48. The van der Waals surface area contributed by atoms with Gasteiger partial charge >= 0.3 is 5.97 Å². The number of unbranched alkanes of at least 4 members (excludes halogenated alkanes) is 2. The van der Waals surface area contributed by atoms with E-state index >= 15 is 0 Å². The fourth-order valence-corrected chi connectivity index (χ4v) is 3.42. The molecule has 1 aromatic carbocycles. The van der Waals surface area contributed by atoms with Gasteiger partial charge in [0.2, 0.25) is 0 Å². The predicted octanol–water partition coefficient (Wildman–Crippen LogP) is 5.80. The molecule has 0 amide bonds. The average Bonchev–Trinajstić information content (AvgIpc) is 2.50. The fraction of sp³-hybridized carbons (Fsp3) is 0.632. The highest BCUT2D eigenvalue weighted by molar-refractivity contribution is 5.89. The highest BCUT2D eigenvalue weighted by Crippen LogP contribution is 2.41. The molecule has 0 aliphatic heterocycles. The third kappa shape index (κ3) is 4.59. The van der Waals surface area contributed by atoms with Crippen molar-refractivity contribution in [2.75, 3.05) is 0 Å². The second-order valence-corrected chi connectivity index (χ2v) is 6.09. The van der Waals surface area contributed by atoms with Gasteiger partial charge in [-0.15, -0.1) is 0 Å². The van der Waals surface area contributed by atoms with Gasteiger partial charge in [-0.25, -0.2) is 4.79 Å². The average molecular weight is 290 g/mol. The second kappa shape index (κ2) is 8.86. The zero-order chi connectivity index (χ0) is 15.7. The summed E-state index contributed by atoms with van der Waals surface area (Å²) in [5.41, 5.74) is 1.59. The Morgan fingerprint density at radius 1 is 0.952 bits per heavy atom. The zero-order valence-corrected chi connectivity index (χ0v) is 13.8. The number of carboxylic acids is 1. The molecule has 1 N–H and O–H groups in total. The Kier molecular flexibility index (Phi) is 7.49. The van der Waals surface area contributed by atoms with Gasteiger partial charge in [-0.3, -0.25) is 0 Å². The molecule has 0 aliphatic rings. The first-order valence-corrected chi connectivity index (χ1v) is 8.44. The molecule has 0 atom stereocenters. The van der Waals surface area contributed by atoms with Crippen molar-refractivity contribution in [1.29, 1.82) is 0 Å². The molecule has 0 saturated heterocycles. The van der Waals surface area contributed by atoms with E-state index in [1.807, 2.05) is 18.2 Å². The van der Waals surface area contributed by atoms with E-state index in [-0.39, 0.29) is 5.41 Å². The lowest BCUT2D eigenvalue weighted by molar-refractivity contribution is 0.0692. The van der Waals surface area contributed by atoms with Crippen molar-refractivity contribution < 1.29 is 9.90 Å². The molecule has 0 fully saturated rings. The van der Waals surface area contributed by atoms with E-state index in [1.165, 1.54) is 0 Å². The van der Waals surface area contributed by atoms with Gasteiger partial charge in [0.1, 0.15) is 0 Å². The maximum Gasteiger partial charge on any atom is 0.335 e. The van der Waals surface area contributed by atoms with Crippen LogP contribution in [0.3, 0.4) is 0 Å². The lowest BCUT2D eigenvalue weighted by atomic mass is 9.68. The fourth-order valence-electron chi connectivity index (χ4n) is 3.42. The quantitative estimate of drug-likeness (QED) is 0.591. The highest BCUT2D eigenvalue weighted by atomic mass is 16.4. The monoisotopic (exact) mass is 290 g/mol. The number of hydrogen-bond donors (Lipinski definition) is 1. The van der Waals surface area contributed by atoms with Crippen molar-refractivity contribution in [1.82, 2.24) is 0 Å². The smallest absolute Gasteiger partial charge is 0.335 e. The zero-order valence-electron chi connectivity index (χ0n) is 13.8. The lowest BCUT2D eigenvalue weighted by Gasteiger charge is -2.36. The van der Waals surface area contributed by atoms with Crippen molar-refractivity contribution in [3.05, 3.63) is 35.4 Å². The van der Waals surface area contributed by atoms with Crippen LogP contribution in [-0.2, 0) is 5.41 Å². The predicted molar refractivity (Wildman–Crippen MR) is 89.0 cm³/mol. The summed E-state index contributed by atoms with van der Waals surface area (Å²) in [6.07, 6.45) is 9.02. The number of rotatable bonds is 10. The van der Waals surface area contributed by atoms with Crippen LogP contribution < -0.4 is 0 Å². The molecule has 1 rings (SSSR count). The summed E-state index contributed by atoms with van der Waals surface area (Å²) in [4.78, 5) is 11.6. The Bertz CT molecular complexity index is 429. The SMILES string of the molecule is CCCCC(CCC)(CCCC)c1ccccc1C(=O)O. The molecule has 1 aromatic rings. The molecule has 0 heterocycles. The van der Waals surface area contributed by atoms with Crippen molar-refractivity contribution in [3.63, 3.8) is 0 Å². The van der Waals surface area contributed by atoms with E-state index in [0.29, 0.717) is 5.56 Å². The van der Waals surface area contributed by atoms with Crippen molar-refractivity contribution >= 4 is 5.97 Å². The van der Waals surface area contributed by atoms with Crippen LogP contribution >= 0.6 is 0 Å². The first-order chi connectivity index (χ1) is 10.1. The number of hydrogen-bond acceptors (Lipinski definition) is 1. The van der Waals surface area contributed by atoms with Crippen molar-refractivity contribution in [3.8, 4) is 0 Å². The number of carboxylic acid groups (broad SMARTS) is 1. The third-order valence-electron chi connectivity index (χ3n) is 4.48. The Hall–Kier alpha value is -1.31. The van der Waals surface area contributed by atoms with Crippen LogP contribution in [0.5, 0.6) is 0 Å².